The molecule has 1 aromatic rings. The molecule has 2 rings (SSSR count). The van der Waals surface area contributed by atoms with Crippen LogP contribution in [0.15, 0.2) is 30.3 Å². The monoisotopic (exact) mass is 342 g/mol. The van der Waals surface area contributed by atoms with Gasteiger partial charge in [0.15, 0.2) is 0 Å². The number of para-hydroxylation sites is 1. The Morgan fingerprint density at radius 2 is 1.59 bits per heavy atom. The average molecular weight is 341 g/mol. The van der Waals surface area contributed by atoms with Crippen LogP contribution in [-0.4, -0.2) is 44.5 Å². The number of benzene rings is 1. The first-order valence-electron chi connectivity index (χ1n) is 6.57. The fraction of sp³-hybridized carbons (Fsp3) is 0.600. The maximum atomic E-state index is 2.34. The Balaban J connectivity index is 0.00000144. The second kappa shape index (κ2) is 6.79. The van der Waals surface area contributed by atoms with Gasteiger partial charge in [-0.3, -0.25) is 4.48 Å². The summed E-state index contributed by atoms with van der Waals surface area (Å²) in [4.78, 5) is 0. The van der Waals surface area contributed by atoms with Crippen molar-refractivity contribution >= 4 is 29.6 Å². The van der Waals surface area contributed by atoms with Crippen LogP contribution < -0.4 is 4.48 Å². The molecule has 2 heteroatoms. The predicted molar refractivity (Wildman–Crippen MR) is 82.9 cm³/mol. The Bertz CT molecular complexity index is 315. The maximum absolute atomic E-state index is 2.34. The van der Waals surface area contributed by atoms with Gasteiger partial charge in [0.1, 0.15) is 5.69 Å². The zero-order chi connectivity index (χ0) is 11.4. The Kier molecular flexibility index (Phi) is 6.01. The van der Waals surface area contributed by atoms with Crippen LogP contribution in [0.1, 0.15) is 32.1 Å². The van der Waals surface area contributed by atoms with E-state index in [2.05, 4.69) is 44.4 Å². The average Bonchev–Trinajstić information content (AvgIpc) is 2.31. The van der Waals surface area contributed by atoms with Crippen LogP contribution in [0.4, 0.5) is 5.69 Å². The van der Waals surface area contributed by atoms with Crippen molar-refractivity contribution in [3.63, 3.8) is 0 Å². The van der Waals surface area contributed by atoms with E-state index in [0.29, 0.717) is 0 Å². The summed E-state index contributed by atoms with van der Waals surface area (Å²) in [7, 11) is 4.67. The van der Waals surface area contributed by atoms with E-state index in [1.54, 1.807) is 0 Å². The molecular weight excluding hydrogens is 313 g/mol. The van der Waals surface area contributed by atoms with Crippen molar-refractivity contribution < 1.29 is 0 Å². The van der Waals surface area contributed by atoms with E-state index in [-0.39, 0.29) is 23.9 Å². The molecule has 0 amide bonds. The van der Waals surface area contributed by atoms with E-state index >= 15 is 0 Å². The summed E-state index contributed by atoms with van der Waals surface area (Å²) >= 11 is 0. The van der Waals surface area contributed by atoms with Crippen molar-refractivity contribution in [1.82, 2.24) is 4.48 Å². The number of hydrogen-bond donors (Lipinski definition) is 0. The van der Waals surface area contributed by atoms with Gasteiger partial charge < -0.3 is 0 Å². The quantitative estimate of drug-likeness (QED) is 0.585. The van der Waals surface area contributed by atoms with Gasteiger partial charge in [-0.1, -0.05) is 37.5 Å². The molecular formula is C15H28NSn+. The van der Waals surface area contributed by atoms with Crippen molar-refractivity contribution in [2.24, 2.45) is 5.92 Å². The summed E-state index contributed by atoms with van der Waals surface area (Å²) in [6.07, 6.45) is 7.22. The summed E-state index contributed by atoms with van der Waals surface area (Å²) in [6.45, 7) is 1.30. The molecule has 1 fully saturated rings. The first-order chi connectivity index (χ1) is 7.68. The van der Waals surface area contributed by atoms with Crippen LogP contribution in [-0.2, 0) is 0 Å². The fourth-order valence-corrected chi connectivity index (χ4v) is 2.95. The Labute approximate surface area is 123 Å². The van der Waals surface area contributed by atoms with Crippen molar-refractivity contribution in [3.05, 3.63) is 30.3 Å². The molecule has 0 bridgehead atoms. The summed E-state index contributed by atoms with van der Waals surface area (Å²) in [5.41, 5.74) is 1.44. The second-order valence-electron chi connectivity index (χ2n) is 5.71. The van der Waals surface area contributed by atoms with Crippen LogP contribution in [0.2, 0.25) is 0 Å². The Morgan fingerprint density at radius 3 is 2.18 bits per heavy atom. The first-order valence-corrected chi connectivity index (χ1v) is 6.57. The summed E-state index contributed by atoms with van der Waals surface area (Å²) in [5.74, 6) is 0.934. The molecule has 17 heavy (non-hydrogen) atoms. The fourth-order valence-electron chi connectivity index (χ4n) is 2.95. The van der Waals surface area contributed by atoms with E-state index in [1.165, 1.54) is 44.3 Å². The third kappa shape index (κ3) is 4.29. The van der Waals surface area contributed by atoms with Crippen molar-refractivity contribution in [2.45, 2.75) is 32.1 Å². The molecule has 1 aliphatic rings. The Hall–Kier alpha value is -0.0213. The second-order valence-corrected chi connectivity index (χ2v) is 5.71. The van der Waals surface area contributed by atoms with Gasteiger partial charge >= 0.3 is 23.9 Å². The molecule has 0 aromatic heterocycles. The molecule has 1 saturated carbocycles. The zero-order valence-corrected chi connectivity index (χ0v) is 10.7. The van der Waals surface area contributed by atoms with Gasteiger partial charge in [0.05, 0.1) is 20.6 Å². The molecule has 1 aromatic carbocycles. The molecule has 0 radical (unpaired) electrons. The molecule has 0 aliphatic heterocycles. The SMILES string of the molecule is C[N+](C)(CC1CCCCC1)c1ccccc1.[SnH4]. The van der Waals surface area contributed by atoms with Crippen LogP contribution in [0.5, 0.6) is 0 Å². The summed E-state index contributed by atoms with van der Waals surface area (Å²) in [5, 5.41) is 0. The zero-order valence-electron chi connectivity index (χ0n) is 10.7. The topological polar surface area (TPSA) is 0 Å². The molecule has 0 unspecified atom stereocenters. The molecule has 96 valence electrons. The van der Waals surface area contributed by atoms with E-state index in [4.69, 9.17) is 0 Å². The first kappa shape index (κ1) is 15.0. The van der Waals surface area contributed by atoms with Crippen molar-refractivity contribution in [3.8, 4) is 0 Å². The van der Waals surface area contributed by atoms with E-state index in [9.17, 15) is 0 Å². The third-order valence-electron chi connectivity index (χ3n) is 3.89. The van der Waals surface area contributed by atoms with Gasteiger partial charge in [0, 0.05) is 5.92 Å². The number of quaternary nitrogens is 1. The predicted octanol–water partition coefficient (Wildman–Crippen LogP) is 2.38. The van der Waals surface area contributed by atoms with E-state index in [0.717, 1.165) is 10.4 Å². The van der Waals surface area contributed by atoms with E-state index < -0.39 is 0 Å². The van der Waals surface area contributed by atoms with Gasteiger partial charge in [-0.2, -0.15) is 0 Å². The minimum absolute atomic E-state index is 0. The third-order valence-corrected chi connectivity index (χ3v) is 3.89. The number of nitrogens with zero attached hydrogens (tertiary/aromatic N) is 1. The minimum atomic E-state index is 0. The molecule has 0 atom stereocenters. The van der Waals surface area contributed by atoms with Crippen molar-refractivity contribution in [1.29, 1.82) is 0 Å². The summed E-state index contributed by atoms with van der Waals surface area (Å²) < 4.78 is 1.03. The molecule has 0 N–H and O–H groups in total. The van der Waals surface area contributed by atoms with Gasteiger partial charge in [0.2, 0.25) is 0 Å². The van der Waals surface area contributed by atoms with E-state index in [1.807, 2.05) is 0 Å². The molecule has 0 saturated heterocycles. The van der Waals surface area contributed by atoms with Crippen LogP contribution >= 0.6 is 0 Å². The van der Waals surface area contributed by atoms with Gasteiger partial charge in [-0.05, 0) is 25.0 Å². The van der Waals surface area contributed by atoms with Gasteiger partial charge in [-0.25, -0.2) is 0 Å². The molecule has 0 spiro atoms. The van der Waals surface area contributed by atoms with Crippen LogP contribution in [0, 0.1) is 5.92 Å². The van der Waals surface area contributed by atoms with Gasteiger partial charge in [-0.15, -0.1) is 0 Å². The molecule has 1 nitrogen and oxygen atoms in total. The van der Waals surface area contributed by atoms with Crippen LogP contribution in [0.3, 0.4) is 0 Å². The number of hydrogen-bond acceptors (Lipinski definition) is 0. The van der Waals surface area contributed by atoms with Crippen molar-refractivity contribution in [2.75, 3.05) is 20.6 Å². The van der Waals surface area contributed by atoms with Crippen LogP contribution in [0.25, 0.3) is 0 Å². The standard InChI is InChI=1S/C15H24N.Sn.4H/c1-16(2,15-11-7-4-8-12-15)13-14-9-5-3-6-10-14;;;;;/h4,7-8,11-12,14H,3,5-6,9-10,13H2,1-2H3;;;;;/q+1;;;;;. The van der Waals surface area contributed by atoms with Gasteiger partial charge in [0.25, 0.3) is 0 Å². The molecule has 1 aliphatic carbocycles. The molecule has 0 heterocycles. The number of rotatable bonds is 3. The Morgan fingerprint density at radius 1 is 1.00 bits per heavy atom. The summed E-state index contributed by atoms with van der Waals surface area (Å²) in [6, 6.07) is 10.9. The normalized spacial score (nSPS) is 17.5.